The first-order valence-corrected chi connectivity index (χ1v) is 9.87. The third-order valence-corrected chi connectivity index (χ3v) is 6.17. The van der Waals surface area contributed by atoms with E-state index in [-0.39, 0.29) is 23.5 Å². The summed E-state index contributed by atoms with van der Waals surface area (Å²) in [6, 6.07) is 6.44. The third kappa shape index (κ3) is 4.54. The number of sulfone groups is 1. The van der Waals surface area contributed by atoms with Gasteiger partial charge < -0.3 is 9.64 Å². The van der Waals surface area contributed by atoms with E-state index in [1.54, 1.807) is 31.2 Å². The van der Waals surface area contributed by atoms with Gasteiger partial charge in [-0.25, -0.2) is 13.2 Å². The van der Waals surface area contributed by atoms with E-state index in [0.717, 1.165) is 0 Å². The number of carbonyl (C=O) groups is 2. The lowest BCUT2D eigenvalue weighted by Crippen LogP contribution is -2.43. The second-order valence-electron chi connectivity index (χ2n) is 5.29. The Morgan fingerprint density at radius 2 is 2.04 bits per heavy atom. The third-order valence-electron chi connectivity index (χ3n) is 3.73. The van der Waals surface area contributed by atoms with E-state index < -0.39 is 22.4 Å². The van der Waals surface area contributed by atoms with Crippen molar-refractivity contribution < 1.29 is 22.7 Å². The summed E-state index contributed by atoms with van der Waals surface area (Å²) in [6.07, 6.45) is 0.431. The molecule has 1 amide bonds. The predicted octanol–water partition coefficient (Wildman–Crippen LogP) is 1.64. The average molecular weight is 404 g/mol. The zero-order valence-electron chi connectivity index (χ0n) is 12.7. The quantitative estimate of drug-likeness (QED) is 0.698. The Morgan fingerprint density at radius 3 is 2.61 bits per heavy atom. The highest BCUT2D eigenvalue weighted by molar-refractivity contribution is 9.10. The van der Waals surface area contributed by atoms with Crippen LogP contribution in [-0.2, 0) is 19.4 Å². The monoisotopic (exact) mass is 403 g/mol. The van der Waals surface area contributed by atoms with Gasteiger partial charge in [-0.1, -0.05) is 12.1 Å². The molecule has 126 valence electrons. The molecule has 6 nitrogen and oxygen atoms in total. The summed E-state index contributed by atoms with van der Waals surface area (Å²) in [5.74, 6) is -0.904. The summed E-state index contributed by atoms with van der Waals surface area (Å²) in [6.45, 7) is 1.76. The van der Waals surface area contributed by atoms with Crippen LogP contribution in [0.3, 0.4) is 0 Å². The lowest BCUT2D eigenvalue weighted by Gasteiger charge is -2.26. The maximum Gasteiger partial charge on any atom is 0.339 e. The van der Waals surface area contributed by atoms with E-state index >= 15 is 0 Å². The van der Waals surface area contributed by atoms with Crippen molar-refractivity contribution in [3.8, 4) is 0 Å². The van der Waals surface area contributed by atoms with Crippen molar-refractivity contribution in [2.75, 3.05) is 24.7 Å². The van der Waals surface area contributed by atoms with Gasteiger partial charge in [-0.05, 0) is 41.4 Å². The van der Waals surface area contributed by atoms with Crippen LogP contribution in [0.4, 0.5) is 0 Å². The minimum atomic E-state index is -3.07. The molecule has 0 saturated carbocycles. The Bertz CT molecular complexity index is 704. The van der Waals surface area contributed by atoms with E-state index in [2.05, 4.69) is 15.9 Å². The lowest BCUT2D eigenvalue weighted by atomic mass is 10.2. The van der Waals surface area contributed by atoms with Crippen LogP contribution in [0.5, 0.6) is 0 Å². The highest BCUT2D eigenvalue weighted by Gasteiger charge is 2.34. The normalized spacial score (nSPS) is 19.3. The van der Waals surface area contributed by atoms with Gasteiger partial charge in [0.05, 0.1) is 17.1 Å². The number of benzene rings is 1. The fourth-order valence-corrected chi connectivity index (χ4v) is 4.75. The van der Waals surface area contributed by atoms with Crippen LogP contribution in [0.2, 0.25) is 0 Å². The van der Waals surface area contributed by atoms with Crippen LogP contribution in [0.15, 0.2) is 28.7 Å². The number of rotatable bonds is 5. The van der Waals surface area contributed by atoms with Crippen molar-refractivity contribution in [2.24, 2.45) is 0 Å². The maximum atomic E-state index is 12.2. The topological polar surface area (TPSA) is 80.8 Å². The number of carbonyl (C=O) groups excluding carboxylic acids is 2. The summed E-state index contributed by atoms with van der Waals surface area (Å²) in [5, 5.41) is 0. The Morgan fingerprint density at radius 1 is 1.35 bits per heavy atom. The molecule has 0 spiro atoms. The van der Waals surface area contributed by atoms with Crippen LogP contribution in [0.1, 0.15) is 23.7 Å². The van der Waals surface area contributed by atoms with E-state index in [1.165, 1.54) is 4.90 Å². The van der Waals surface area contributed by atoms with Crippen molar-refractivity contribution in [3.05, 3.63) is 34.3 Å². The molecule has 0 unspecified atom stereocenters. The van der Waals surface area contributed by atoms with Crippen molar-refractivity contribution in [1.82, 2.24) is 4.90 Å². The number of hydrogen-bond donors (Lipinski definition) is 0. The second-order valence-corrected chi connectivity index (χ2v) is 8.38. The lowest BCUT2D eigenvalue weighted by molar-refractivity contribution is -0.136. The molecule has 1 fully saturated rings. The molecule has 0 aromatic heterocycles. The number of nitrogens with zero attached hydrogens (tertiary/aromatic N) is 1. The predicted molar refractivity (Wildman–Crippen MR) is 88.9 cm³/mol. The SMILES string of the molecule is CCN(C(=O)COC(=O)c1ccccc1Br)[C@@H]1CCS(=O)(=O)C1. The molecule has 0 bridgehead atoms. The second kappa shape index (κ2) is 7.44. The summed E-state index contributed by atoms with van der Waals surface area (Å²) >= 11 is 3.25. The Kier molecular flexibility index (Phi) is 5.80. The Balaban J connectivity index is 1.95. The molecule has 1 aromatic carbocycles. The van der Waals surface area contributed by atoms with Gasteiger partial charge in [-0.3, -0.25) is 4.79 Å². The number of esters is 1. The molecule has 1 atom stereocenters. The van der Waals surface area contributed by atoms with Crippen LogP contribution in [0, 0.1) is 0 Å². The van der Waals surface area contributed by atoms with Gasteiger partial charge in [-0.2, -0.15) is 0 Å². The maximum absolute atomic E-state index is 12.2. The zero-order valence-corrected chi connectivity index (χ0v) is 15.1. The van der Waals surface area contributed by atoms with Crippen molar-refractivity contribution >= 4 is 37.6 Å². The van der Waals surface area contributed by atoms with Gasteiger partial charge in [0.15, 0.2) is 16.4 Å². The molecule has 1 aromatic rings. The molecular weight excluding hydrogens is 386 g/mol. The van der Waals surface area contributed by atoms with E-state index in [4.69, 9.17) is 4.74 Å². The molecule has 1 aliphatic heterocycles. The average Bonchev–Trinajstić information content (AvgIpc) is 2.86. The van der Waals surface area contributed by atoms with E-state index in [0.29, 0.717) is 23.0 Å². The van der Waals surface area contributed by atoms with Crippen LogP contribution in [-0.4, -0.2) is 55.9 Å². The first-order chi connectivity index (χ1) is 10.8. The molecule has 0 aliphatic carbocycles. The largest absolute Gasteiger partial charge is 0.452 e. The molecule has 2 rings (SSSR count). The fraction of sp³-hybridized carbons (Fsp3) is 0.467. The first-order valence-electron chi connectivity index (χ1n) is 7.25. The number of likely N-dealkylation sites (N-methyl/N-ethyl adjacent to an activating group) is 1. The summed E-state index contributed by atoms with van der Waals surface area (Å²) in [7, 11) is -3.07. The highest BCUT2D eigenvalue weighted by Crippen LogP contribution is 2.19. The zero-order chi connectivity index (χ0) is 17.0. The summed E-state index contributed by atoms with van der Waals surface area (Å²) in [5.41, 5.74) is 0.340. The minimum Gasteiger partial charge on any atom is -0.452 e. The van der Waals surface area contributed by atoms with Gasteiger partial charge in [0.2, 0.25) is 0 Å². The van der Waals surface area contributed by atoms with Gasteiger partial charge >= 0.3 is 5.97 Å². The first kappa shape index (κ1) is 17.9. The van der Waals surface area contributed by atoms with Gasteiger partial charge in [0.25, 0.3) is 5.91 Å². The van der Waals surface area contributed by atoms with Gasteiger partial charge in [0.1, 0.15) is 0 Å². The van der Waals surface area contributed by atoms with Gasteiger partial charge in [-0.15, -0.1) is 0 Å². The van der Waals surface area contributed by atoms with Crippen molar-refractivity contribution in [1.29, 1.82) is 0 Å². The van der Waals surface area contributed by atoms with E-state index in [1.807, 2.05) is 0 Å². The van der Waals surface area contributed by atoms with Crippen LogP contribution in [0.25, 0.3) is 0 Å². The molecule has 1 heterocycles. The number of hydrogen-bond acceptors (Lipinski definition) is 5. The molecular formula is C15H18BrNO5S. The Labute approximate surface area is 143 Å². The molecule has 1 aliphatic rings. The molecule has 8 heteroatoms. The standard InChI is InChI=1S/C15H18BrNO5S/c1-2-17(11-7-8-23(20,21)10-11)14(18)9-22-15(19)12-5-3-4-6-13(12)16/h3-6,11H,2,7-10H2,1H3/t11-/m1/s1. The molecule has 0 radical (unpaired) electrons. The molecule has 1 saturated heterocycles. The van der Waals surface area contributed by atoms with Crippen molar-refractivity contribution in [3.63, 3.8) is 0 Å². The molecule has 0 N–H and O–H groups in total. The molecule has 23 heavy (non-hydrogen) atoms. The summed E-state index contributed by atoms with van der Waals surface area (Å²) < 4.78 is 28.7. The van der Waals surface area contributed by atoms with E-state index in [9.17, 15) is 18.0 Å². The fourth-order valence-electron chi connectivity index (χ4n) is 2.57. The van der Waals surface area contributed by atoms with Crippen LogP contribution < -0.4 is 0 Å². The number of ether oxygens (including phenoxy) is 1. The highest BCUT2D eigenvalue weighted by atomic mass is 79.9. The minimum absolute atomic E-state index is 0.0231. The summed E-state index contributed by atoms with van der Waals surface area (Å²) in [4.78, 5) is 25.7. The number of halogens is 1. The van der Waals surface area contributed by atoms with Gasteiger partial charge in [0, 0.05) is 17.1 Å². The van der Waals surface area contributed by atoms with Crippen LogP contribution >= 0.6 is 15.9 Å². The number of amides is 1. The Hall–Kier alpha value is -1.41. The smallest absolute Gasteiger partial charge is 0.339 e. The van der Waals surface area contributed by atoms with Crippen molar-refractivity contribution in [2.45, 2.75) is 19.4 Å².